The number of carbonyl (C=O) groups is 1. The van der Waals surface area contributed by atoms with Gasteiger partial charge in [0.1, 0.15) is 12.6 Å². The molecule has 0 aliphatic rings. The molecule has 0 radical (unpaired) electrons. The summed E-state index contributed by atoms with van der Waals surface area (Å²) in [5.41, 5.74) is 6.29. The first-order valence-electron chi connectivity index (χ1n) is 4.16. The van der Waals surface area contributed by atoms with Gasteiger partial charge >= 0.3 is 5.97 Å². The SMILES string of the molecule is C[C@H](N)C(=O)OCc1ccccc1.[HH]. The van der Waals surface area contributed by atoms with Gasteiger partial charge in [-0.05, 0) is 12.5 Å². The molecule has 3 nitrogen and oxygen atoms in total. The van der Waals surface area contributed by atoms with Gasteiger partial charge in [0.25, 0.3) is 0 Å². The lowest BCUT2D eigenvalue weighted by Crippen LogP contribution is -2.28. The molecule has 0 unspecified atom stereocenters. The van der Waals surface area contributed by atoms with E-state index in [9.17, 15) is 4.79 Å². The average molecular weight is 181 g/mol. The predicted octanol–water partition coefficient (Wildman–Crippen LogP) is 1.32. The third-order valence-electron chi connectivity index (χ3n) is 1.60. The molecule has 0 aliphatic carbocycles. The molecular weight excluding hydrogens is 166 g/mol. The molecule has 1 rings (SSSR count). The molecule has 72 valence electrons. The maximum Gasteiger partial charge on any atom is 0.322 e. The maximum absolute atomic E-state index is 11.0. The highest BCUT2D eigenvalue weighted by Gasteiger charge is 2.07. The van der Waals surface area contributed by atoms with Crippen LogP contribution in [-0.2, 0) is 16.1 Å². The van der Waals surface area contributed by atoms with Crippen molar-refractivity contribution in [1.29, 1.82) is 0 Å². The van der Waals surface area contributed by atoms with Crippen molar-refractivity contribution in [2.45, 2.75) is 19.6 Å². The second-order valence-corrected chi connectivity index (χ2v) is 2.88. The van der Waals surface area contributed by atoms with E-state index in [2.05, 4.69) is 0 Å². The second-order valence-electron chi connectivity index (χ2n) is 2.88. The Labute approximate surface area is 79.0 Å². The molecule has 0 saturated heterocycles. The quantitative estimate of drug-likeness (QED) is 0.715. The van der Waals surface area contributed by atoms with Crippen molar-refractivity contribution in [1.82, 2.24) is 0 Å². The molecule has 0 heterocycles. The van der Waals surface area contributed by atoms with Gasteiger partial charge in [0.05, 0.1) is 0 Å². The van der Waals surface area contributed by atoms with Crippen LogP contribution in [0.4, 0.5) is 0 Å². The molecule has 0 aromatic heterocycles. The van der Waals surface area contributed by atoms with Crippen LogP contribution in [0.25, 0.3) is 0 Å². The van der Waals surface area contributed by atoms with Crippen molar-refractivity contribution < 1.29 is 11.0 Å². The summed E-state index contributed by atoms with van der Waals surface area (Å²) in [6, 6.07) is 8.95. The predicted molar refractivity (Wildman–Crippen MR) is 52.0 cm³/mol. The average Bonchev–Trinajstić information content (AvgIpc) is 2.15. The number of esters is 1. The van der Waals surface area contributed by atoms with E-state index in [-0.39, 0.29) is 7.40 Å². The van der Waals surface area contributed by atoms with Crippen LogP contribution >= 0.6 is 0 Å². The van der Waals surface area contributed by atoms with Gasteiger partial charge in [-0.1, -0.05) is 30.3 Å². The largest absolute Gasteiger partial charge is 0.460 e. The molecule has 0 saturated carbocycles. The Kier molecular flexibility index (Phi) is 3.46. The Bertz CT molecular complexity index is 275. The zero-order valence-electron chi connectivity index (χ0n) is 7.57. The molecule has 1 atom stereocenters. The van der Waals surface area contributed by atoms with Crippen LogP contribution < -0.4 is 5.73 Å². The van der Waals surface area contributed by atoms with Crippen molar-refractivity contribution in [3.8, 4) is 0 Å². The van der Waals surface area contributed by atoms with Crippen LogP contribution in [0.5, 0.6) is 0 Å². The van der Waals surface area contributed by atoms with Crippen LogP contribution in [-0.4, -0.2) is 12.0 Å². The number of carbonyl (C=O) groups excluding carboxylic acids is 1. The number of benzene rings is 1. The van der Waals surface area contributed by atoms with Crippen molar-refractivity contribution in [2.75, 3.05) is 0 Å². The fourth-order valence-electron chi connectivity index (χ4n) is 0.860. The molecule has 0 spiro atoms. The van der Waals surface area contributed by atoms with Crippen molar-refractivity contribution >= 4 is 5.97 Å². The molecule has 3 heteroatoms. The summed E-state index contributed by atoms with van der Waals surface area (Å²) < 4.78 is 4.93. The molecule has 1 aromatic rings. The van der Waals surface area contributed by atoms with Gasteiger partial charge in [-0.2, -0.15) is 0 Å². The second kappa shape index (κ2) is 4.62. The molecule has 0 aliphatic heterocycles. The van der Waals surface area contributed by atoms with Crippen LogP contribution in [0.3, 0.4) is 0 Å². The van der Waals surface area contributed by atoms with E-state index in [1.165, 1.54) is 0 Å². The minimum Gasteiger partial charge on any atom is -0.460 e. The van der Waals surface area contributed by atoms with Gasteiger partial charge in [0.2, 0.25) is 0 Å². The summed E-state index contributed by atoms with van der Waals surface area (Å²) in [4.78, 5) is 11.0. The minimum atomic E-state index is -0.552. The molecule has 13 heavy (non-hydrogen) atoms. The summed E-state index contributed by atoms with van der Waals surface area (Å²) in [5.74, 6) is -0.371. The summed E-state index contributed by atoms with van der Waals surface area (Å²) in [7, 11) is 0. The number of hydrogen-bond acceptors (Lipinski definition) is 3. The first-order chi connectivity index (χ1) is 6.20. The Morgan fingerprint density at radius 2 is 2.15 bits per heavy atom. The highest BCUT2D eigenvalue weighted by Crippen LogP contribution is 2.00. The van der Waals surface area contributed by atoms with Crippen LogP contribution in [0.15, 0.2) is 30.3 Å². The fourth-order valence-corrected chi connectivity index (χ4v) is 0.860. The van der Waals surface area contributed by atoms with E-state index in [0.29, 0.717) is 6.61 Å². The first-order valence-corrected chi connectivity index (χ1v) is 4.16. The monoisotopic (exact) mass is 181 g/mol. The van der Waals surface area contributed by atoms with Gasteiger partial charge in [-0.15, -0.1) is 0 Å². The highest BCUT2D eigenvalue weighted by atomic mass is 16.5. The van der Waals surface area contributed by atoms with E-state index in [4.69, 9.17) is 10.5 Å². The zero-order chi connectivity index (χ0) is 9.68. The molecule has 0 bridgehead atoms. The minimum absolute atomic E-state index is 0. The van der Waals surface area contributed by atoms with Gasteiger partial charge in [-0.3, -0.25) is 4.79 Å². The number of nitrogens with two attached hydrogens (primary N) is 1. The molecular formula is C10H15NO2. The maximum atomic E-state index is 11.0. The normalized spacial score (nSPS) is 12.2. The highest BCUT2D eigenvalue weighted by molar-refractivity contribution is 5.74. The van der Waals surface area contributed by atoms with E-state index in [1.807, 2.05) is 30.3 Å². The van der Waals surface area contributed by atoms with Crippen LogP contribution in [0, 0.1) is 0 Å². The van der Waals surface area contributed by atoms with Gasteiger partial charge in [0, 0.05) is 1.43 Å². The lowest BCUT2D eigenvalue weighted by atomic mass is 10.2. The Balaban J connectivity index is 0.00000169. The van der Waals surface area contributed by atoms with Crippen LogP contribution in [0.2, 0.25) is 0 Å². The summed E-state index contributed by atoms with van der Waals surface area (Å²) in [5, 5.41) is 0. The van der Waals surface area contributed by atoms with E-state index in [1.54, 1.807) is 6.92 Å². The summed E-state index contributed by atoms with van der Waals surface area (Å²) >= 11 is 0. The number of hydrogen-bond donors (Lipinski definition) is 1. The summed E-state index contributed by atoms with van der Waals surface area (Å²) in [6.07, 6.45) is 0. The molecule has 0 amide bonds. The van der Waals surface area contributed by atoms with Gasteiger partial charge in [0.15, 0.2) is 0 Å². The molecule has 2 N–H and O–H groups in total. The van der Waals surface area contributed by atoms with E-state index in [0.717, 1.165) is 5.56 Å². The fraction of sp³-hybridized carbons (Fsp3) is 0.300. The van der Waals surface area contributed by atoms with Gasteiger partial charge in [-0.25, -0.2) is 0 Å². The van der Waals surface area contributed by atoms with Crippen molar-refractivity contribution in [2.24, 2.45) is 5.73 Å². The van der Waals surface area contributed by atoms with E-state index >= 15 is 0 Å². The number of rotatable bonds is 3. The number of ether oxygens (including phenoxy) is 1. The Morgan fingerprint density at radius 3 is 2.69 bits per heavy atom. The third-order valence-corrected chi connectivity index (χ3v) is 1.60. The van der Waals surface area contributed by atoms with Gasteiger partial charge < -0.3 is 10.5 Å². The molecule has 0 fully saturated rings. The van der Waals surface area contributed by atoms with Crippen LogP contribution in [0.1, 0.15) is 13.9 Å². The summed E-state index contributed by atoms with van der Waals surface area (Å²) in [6.45, 7) is 1.90. The topological polar surface area (TPSA) is 52.3 Å². The third kappa shape index (κ3) is 3.25. The van der Waals surface area contributed by atoms with Crippen molar-refractivity contribution in [3.63, 3.8) is 0 Å². The van der Waals surface area contributed by atoms with Crippen molar-refractivity contribution in [3.05, 3.63) is 35.9 Å². The first kappa shape index (κ1) is 9.74. The Morgan fingerprint density at radius 1 is 1.54 bits per heavy atom. The molecule has 1 aromatic carbocycles. The standard InChI is InChI=1S/C10H13NO2.H2/c1-8(11)10(12)13-7-9-5-3-2-4-6-9;/h2-6,8H,7,11H2,1H3;1H/t8-;/m0./s1. The van der Waals surface area contributed by atoms with E-state index < -0.39 is 6.04 Å². The zero-order valence-corrected chi connectivity index (χ0v) is 7.57. The smallest absolute Gasteiger partial charge is 0.322 e. The lowest BCUT2D eigenvalue weighted by Gasteiger charge is -2.06. The lowest BCUT2D eigenvalue weighted by molar-refractivity contribution is -0.146. The Hall–Kier alpha value is -1.35.